The van der Waals surface area contributed by atoms with E-state index in [1.165, 1.54) is 6.07 Å². The minimum absolute atomic E-state index is 0.207. The number of hydrogen-bond acceptors (Lipinski definition) is 3. The lowest BCUT2D eigenvalue weighted by Gasteiger charge is -2.01. The molecule has 0 aliphatic heterocycles. The normalized spacial score (nSPS) is 11.6. The van der Waals surface area contributed by atoms with Gasteiger partial charge in [-0.3, -0.25) is 4.18 Å². The van der Waals surface area contributed by atoms with E-state index in [0.29, 0.717) is 4.47 Å². The molecule has 0 aliphatic rings. The van der Waals surface area contributed by atoms with Gasteiger partial charge in [-0.15, -0.1) is 0 Å². The van der Waals surface area contributed by atoms with Crippen LogP contribution in [0.3, 0.4) is 0 Å². The van der Waals surface area contributed by atoms with Crippen LogP contribution in [0.15, 0.2) is 27.6 Å². The Morgan fingerprint density at radius 1 is 1.38 bits per heavy atom. The van der Waals surface area contributed by atoms with E-state index >= 15 is 0 Å². The average molecular weight is 269 g/mol. The van der Waals surface area contributed by atoms with Gasteiger partial charge in [0.1, 0.15) is 5.82 Å². The lowest BCUT2D eigenvalue weighted by atomic mass is 10.3. The summed E-state index contributed by atoms with van der Waals surface area (Å²) in [5.41, 5.74) is 0. The van der Waals surface area contributed by atoms with Crippen LogP contribution in [-0.2, 0) is 14.3 Å². The highest BCUT2D eigenvalue weighted by Gasteiger charge is 2.14. The smallest absolute Gasteiger partial charge is 0.270 e. The van der Waals surface area contributed by atoms with Crippen LogP contribution in [0.5, 0.6) is 0 Å². The van der Waals surface area contributed by atoms with Crippen molar-refractivity contribution in [2.45, 2.75) is 4.90 Å². The molecule has 0 amide bonds. The number of hydrogen-bond donors (Lipinski definition) is 0. The summed E-state index contributed by atoms with van der Waals surface area (Å²) in [4.78, 5) is -0.207. The van der Waals surface area contributed by atoms with Gasteiger partial charge >= 0.3 is 0 Å². The fourth-order valence-electron chi connectivity index (χ4n) is 0.769. The van der Waals surface area contributed by atoms with Gasteiger partial charge in [-0.2, -0.15) is 8.42 Å². The Hall–Kier alpha value is -0.460. The molecule has 0 bridgehead atoms. The van der Waals surface area contributed by atoms with Crippen molar-refractivity contribution in [3.63, 3.8) is 0 Å². The third kappa shape index (κ3) is 2.49. The minimum atomic E-state index is -3.81. The van der Waals surface area contributed by atoms with Crippen molar-refractivity contribution in [1.29, 1.82) is 0 Å². The number of halogens is 2. The molecular formula is C7H6BrFO3S. The first-order valence-electron chi connectivity index (χ1n) is 3.22. The average Bonchev–Trinajstić information content (AvgIpc) is 2.02. The molecule has 72 valence electrons. The predicted molar refractivity (Wildman–Crippen MR) is 48.3 cm³/mol. The zero-order valence-electron chi connectivity index (χ0n) is 6.62. The maximum Gasteiger partial charge on any atom is 0.296 e. The van der Waals surface area contributed by atoms with E-state index in [4.69, 9.17) is 0 Å². The van der Waals surface area contributed by atoms with Gasteiger partial charge in [-0.1, -0.05) is 15.9 Å². The van der Waals surface area contributed by atoms with Crippen molar-refractivity contribution in [2.24, 2.45) is 0 Å². The molecule has 0 atom stereocenters. The molecule has 0 fully saturated rings. The Kier molecular flexibility index (Phi) is 3.05. The van der Waals surface area contributed by atoms with E-state index in [1.54, 1.807) is 0 Å². The second kappa shape index (κ2) is 3.73. The first kappa shape index (κ1) is 10.6. The van der Waals surface area contributed by atoms with Crippen molar-refractivity contribution >= 4 is 26.0 Å². The summed E-state index contributed by atoms with van der Waals surface area (Å²) in [6.45, 7) is 0. The summed E-state index contributed by atoms with van der Waals surface area (Å²) >= 11 is 2.97. The Labute approximate surface area is 83.8 Å². The molecule has 3 nitrogen and oxygen atoms in total. The summed E-state index contributed by atoms with van der Waals surface area (Å²) in [5.74, 6) is -0.634. The van der Waals surface area contributed by atoms with Crippen LogP contribution in [0.2, 0.25) is 0 Å². The standard InChI is InChI=1S/C7H6BrFO3S/c1-12-13(10,11)7-3-5(8)2-6(9)4-7/h2-4H,1H3. The molecule has 1 rings (SSSR count). The molecule has 0 spiro atoms. The Balaban J connectivity index is 3.32. The monoisotopic (exact) mass is 268 g/mol. The van der Waals surface area contributed by atoms with Crippen molar-refractivity contribution in [1.82, 2.24) is 0 Å². The van der Waals surface area contributed by atoms with Crippen LogP contribution in [0.4, 0.5) is 4.39 Å². The fraction of sp³-hybridized carbons (Fsp3) is 0.143. The van der Waals surface area contributed by atoms with Gasteiger partial charge in [0.15, 0.2) is 0 Å². The number of rotatable bonds is 2. The van der Waals surface area contributed by atoms with Gasteiger partial charge in [0.2, 0.25) is 0 Å². The number of benzene rings is 1. The van der Waals surface area contributed by atoms with Gasteiger partial charge < -0.3 is 0 Å². The summed E-state index contributed by atoms with van der Waals surface area (Å²) in [6.07, 6.45) is 0. The predicted octanol–water partition coefficient (Wildman–Crippen LogP) is 1.92. The van der Waals surface area contributed by atoms with E-state index in [1.807, 2.05) is 0 Å². The van der Waals surface area contributed by atoms with Gasteiger partial charge in [0.05, 0.1) is 12.0 Å². The quantitative estimate of drug-likeness (QED) is 0.770. The molecule has 0 aromatic heterocycles. The van der Waals surface area contributed by atoms with Gasteiger partial charge in [0.25, 0.3) is 10.1 Å². The summed E-state index contributed by atoms with van der Waals surface area (Å²) < 4.78 is 39.5. The zero-order valence-corrected chi connectivity index (χ0v) is 9.02. The zero-order chi connectivity index (χ0) is 10.1. The second-order valence-corrected chi connectivity index (χ2v) is 4.85. The third-order valence-corrected chi connectivity index (χ3v) is 3.05. The molecule has 1 aromatic carbocycles. The van der Waals surface area contributed by atoms with Crippen LogP contribution in [0.25, 0.3) is 0 Å². The highest BCUT2D eigenvalue weighted by Crippen LogP contribution is 2.19. The lowest BCUT2D eigenvalue weighted by molar-refractivity contribution is 0.397. The Morgan fingerprint density at radius 2 is 2.00 bits per heavy atom. The van der Waals surface area contributed by atoms with Gasteiger partial charge in [0, 0.05) is 4.47 Å². The van der Waals surface area contributed by atoms with Crippen molar-refractivity contribution in [3.05, 3.63) is 28.5 Å². The van der Waals surface area contributed by atoms with Crippen molar-refractivity contribution in [3.8, 4) is 0 Å². The molecular weight excluding hydrogens is 263 g/mol. The minimum Gasteiger partial charge on any atom is -0.270 e. The maximum atomic E-state index is 12.7. The van der Waals surface area contributed by atoms with Gasteiger partial charge in [-0.25, -0.2) is 4.39 Å². The van der Waals surface area contributed by atoms with E-state index < -0.39 is 15.9 Å². The Morgan fingerprint density at radius 3 is 2.46 bits per heavy atom. The van der Waals surface area contributed by atoms with Crippen LogP contribution in [0.1, 0.15) is 0 Å². The molecule has 1 aromatic rings. The largest absolute Gasteiger partial charge is 0.296 e. The van der Waals surface area contributed by atoms with Gasteiger partial charge in [-0.05, 0) is 18.2 Å². The van der Waals surface area contributed by atoms with E-state index in [0.717, 1.165) is 19.2 Å². The van der Waals surface area contributed by atoms with Crippen LogP contribution < -0.4 is 0 Å². The SMILES string of the molecule is COS(=O)(=O)c1cc(F)cc(Br)c1. The highest BCUT2D eigenvalue weighted by molar-refractivity contribution is 9.10. The van der Waals surface area contributed by atoms with Crippen LogP contribution >= 0.6 is 15.9 Å². The third-order valence-electron chi connectivity index (χ3n) is 1.34. The molecule has 0 radical (unpaired) electrons. The highest BCUT2D eigenvalue weighted by atomic mass is 79.9. The fourth-order valence-corrected chi connectivity index (χ4v) is 2.11. The Bertz CT molecular complexity index is 395. The van der Waals surface area contributed by atoms with Crippen molar-refractivity contribution < 1.29 is 17.0 Å². The van der Waals surface area contributed by atoms with E-state index in [9.17, 15) is 12.8 Å². The molecule has 0 saturated heterocycles. The molecule has 0 aliphatic carbocycles. The topological polar surface area (TPSA) is 43.4 Å². The van der Waals surface area contributed by atoms with Crippen LogP contribution in [0, 0.1) is 5.82 Å². The first-order valence-corrected chi connectivity index (χ1v) is 5.42. The summed E-state index contributed by atoms with van der Waals surface area (Å²) in [6, 6.07) is 3.32. The molecule has 13 heavy (non-hydrogen) atoms. The maximum absolute atomic E-state index is 12.7. The van der Waals surface area contributed by atoms with E-state index in [2.05, 4.69) is 20.1 Å². The summed E-state index contributed by atoms with van der Waals surface area (Å²) in [7, 11) is -2.79. The molecule has 0 saturated carbocycles. The summed E-state index contributed by atoms with van der Waals surface area (Å²) in [5, 5.41) is 0. The van der Waals surface area contributed by atoms with Crippen LogP contribution in [-0.4, -0.2) is 15.5 Å². The first-order chi connectivity index (χ1) is 5.95. The molecule has 6 heteroatoms. The van der Waals surface area contributed by atoms with Crippen molar-refractivity contribution in [2.75, 3.05) is 7.11 Å². The molecule has 0 unspecified atom stereocenters. The second-order valence-electron chi connectivity index (χ2n) is 2.23. The molecule has 0 heterocycles. The molecule has 0 N–H and O–H groups in total. The lowest BCUT2D eigenvalue weighted by Crippen LogP contribution is -2.03. The van der Waals surface area contributed by atoms with E-state index in [-0.39, 0.29) is 4.90 Å².